The first kappa shape index (κ1) is 10.6. The highest BCUT2D eigenvalue weighted by Gasteiger charge is 2.13. The Morgan fingerprint density at radius 1 is 1.38 bits per heavy atom. The maximum Gasteiger partial charge on any atom is 0.180 e. The number of Topliss-reactive ketones (excluding diaryl/α,β-unsaturated/α-hetero) is 1. The first-order valence-electron chi connectivity index (χ1n) is 3.30. The van der Waals surface area contributed by atoms with Gasteiger partial charge in [0, 0.05) is 0 Å². The first-order chi connectivity index (χ1) is 6.06. The van der Waals surface area contributed by atoms with Gasteiger partial charge in [-0.2, -0.15) is 0 Å². The van der Waals surface area contributed by atoms with Gasteiger partial charge in [0.1, 0.15) is 11.6 Å². The molecule has 0 bridgehead atoms. The fourth-order valence-corrected chi connectivity index (χ4v) is 1.27. The zero-order chi connectivity index (χ0) is 10.0. The summed E-state index contributed by atoms with van der Waals surface area (Å²) >= 11 is 7.99. The number of alkyl halides is 1. The van der Waals surface area contributed by atoms with E-state index in [0.717, 1.165) is 12.1 Å². The molecule has 0 aliphatic carbocycles. The van der Waals surface area contributed by atoms with Gasteiger partial charge in [-0.05, 0) is 28.1 Å². The molecule has 0 radical (unpaired) electrons. The summed E-state index contributed by atoms with van der Waals surface area (Å²) in [5.74, 6) is -2.46. The summed E-state index contributed by atoms with van der Waals surface area (Å²) in [6, 6.07) is 1.72. The number of rotatable bonds is 2. The Bertz CT molecular complexity index is 354. The van der Waals surface area contributed by atoms with Gasteiger partial charge >= 0.3 is 0 Å². The monoisotopic (exact) mass is 268 g/mol. The fraction of sp³-hybridized carbons (Fsp3) is 0.125. The van der Waals surface area contributed by atoms with Crippen molar-refractivity contribution < 1.29 is 13.6 Å². The molecule has 0 saturated heterocycles. The summed E-state index contributed by atoms with van der Waals surface area (Å²) in [4.78, 5) is 10.9. The molecule has 1 aromatic rings. The van der Waals surface area contributed by atoms with Crippen LogP contribution in [0.5, 0.6) is 0 Å². The Hall–Kier alpha value is -0.480. The van der Waals surface area contributed by atoms with E-state index in [0.29, 0.717) is 0 Å². The van der Waals surface area contributed by atoms with Gasteiger partial charge in [0.25, 0.3) is 0 Å². The number of halogens is 4. The van der Waals surface area contributed by atoms with Gasteiger partial charge in [0.05, 0.1) is 15.9 Å². The SMILES string of the molecule is O=C(CCl)c1cc(F)c(Br)cc1F. The van der Waals surface area contributed by atoms with Crippen molar-refractivity contribution >= 4 is 33.3 Å². The smallest absolute Gasteiger partial charge is 0.180 e. The van der Waals surface area contributed by atoms with E-state index in [4.69, 9.17) is 11.6 Å². The van der Waals surface area contributed by atoms with E-state index >= 15 is 0 Å². The van der Waals surface area contributed by atoms with Gasteiger partial charge in [-0.15, -0.1) is 11.6 Å². The largest absolute Gasteiger partial charge is 0.293 e. The molecular formula is C8H4BrClF2O. The molecule has 0 fully saturated rings. The van der Waals surface area contributed by atoms with E-state index in [1.807, 2.05) is 0 Å². The Balaban J connectivity index is 3.23. The fourth-order valence-electron chi connectivity index (χ4n) is 0.808. The van der Waals surface area contributed by atoms with E-state index in [-0.39, 0.29) is 15.9 Å². The van der Waals surface area contributed by atoms with Crippen LogP contribution in [0.4, 0.5) is 8.78 Å². The van der Waals surface area contributed by atoms with Crippen molar-refractivity contribution in [1.29, 1.82) is 0 Å². The van der Waals surface area contributed by atoms with Crippen LogP contribution in [0.1, 0.15) is 10.4 Å². The van der Waals surface area contributed by atoms with Gasteiger partial charge in [0.15, 0.2) is 5.78 Å². The number of hydrogen-bond acceptors (Lipinski definition) is 1. The van der Waals surface area contributed by atoms with Crippen molar-refractivity contribution in [1.82, 2.24) is 0 Å². The number of benzene rings is 1. The average Bonchev–Trinajstić information content (AvgIpc) is 2.10. The molecule has 0 N–H and O–H groups in total. The lowest BCUT2D eigenvalue weighted by molar-refractivity contribution is 0.101. The van der Waals surface area contributed by atoms with E-state index in [1.54, 1.807) is 0 Å². The lowest BCUT2D eigenvalue weighted by Crippen LogP contribution is -2.04. The lowest BCUT2D eigenvalue weighted by Gasteiger charge is -2.01. The summed E-state index contributed by atoms with van der Waals surface area (Å²) in [6.45, 7) is 0. The molecule has 1 nitrogen and oxygen atoms in total. The zero-order valence-electron chi connectivity index (χ0n) is 6.28. The molecule has 0 atom stereocenters. The van der Waals surface area contributed by atoms with E-state index in [2.05, 4.69) is 15.9 Å². The molecule has 0 heterocycles. The molecule has 13 heavy (non-hydrogen) atoms. The van der Waals surface area contributed by atoms with Crippen LogP contribution in [0.15, 0.2) is 16.6 Å². The topological polar surface area (TPSA) is 17.1 Å². The average molecular weight is 269 g/mol. The molecular weight excluding hydrogens is 265 g/mol. The predicted molar refractivity (Wildman–Crippen MR) is 49.1 cm³/mol. The van der Waals surface area contributed by atoms with Crippen molar-refractivity contribution in [3.05, 3.63) is 33.8 Å². The standard InChI is InChI=1S/C8H4BrClF2O/c9-5-2-6(11)4(1-7(5)12)8(13)3-10/h1-2H,3H2. The third-order valence-corrected chi connectivity index (χ3v) is 2.28. The Kier molecular flexibility index (Phi) is 3.39. The number of ketones is 1. The molecule has 1 aromatic carbocycles. The number of carbonyl (C=O) groups excluding carboxylic acids is 1. The highest BCUT2D eigenvalue weighted by Crippen LogP contribution is 2.20. The third kappa shape index (κ3) is 2.25. The highest BCUT2D eigenvalue weighted by atomic mass is 79.9. The van der Waals surface area contributed by atoms with Crippen LogP contribution in [0.2, 0.25) is 0 Å². The van der Waals surface area contributed by atoms with Crippen molar-refractivity contribution in [2.45, 2.75) is 0 Å². The molecule has 0 saturated carbocycles. The molecule has 0 spiro atoms. The minimum Gasteiger partial charge on any atom is -0.293 e. The molecule has 0 aliphatic heterocycles. The van der Waals surface area contributed by atoms with Gasteiger partial charge in [-0.25, -0.2) is 8.78 Å². The van der Waals surface area contributed by atoms with Crippen molar-refractivity contribution in [3.8, 4) is 0 Å². The highest BCUT2D eigenvalue weighted by molar-refractivity contribution is 9.10. The maximum absolute atomic E-state index is 13.0. The van der Waals surface area contributed by atoms with Gasteiger partial charge in [-0.3, -0.25) is 4.79 Å². The van der Waals surface area contributed by atoms with Crippen LogP contribution in [0.25, 0.3) is 0 Å². The second-order valence-corrected chi connectivity index (χ2v) is 3.42. The third-order valence-electron chi connectivity index (χ3n) is 1.43. The van der Waals surface area contributed by atoms with Crippen LogP contribution in [0.3, 0.4) is 0 Å². The minimum absolute atomic E-state index is 0.0175. The summed E-state index contributed by atoms with van der Waals surface area (Å²) in [6.07, 6.45) is 0. The van der Waals surface area contributed by atoms with E-state index in [1.165, 1.54) is 0 Å². The van der Waals surface area contributed by atoms with E-state index < -0.39 is 17.4 Å². The second kappa shape index (κ2) is 4.15. The molecule has 0 amide bonds. The normalized spacial score (nSPS) is 10.2. The van der Waals surface area contributed by atoms with Crippen LogP contribution in [-0.4, -0.2) is 11.7 Å². The summed E-state index contributed by atoms with van der Waals surface area (Å²) < 4.78 is 25.8. The molecule has 70 valence electrons. The van der Waals surface area contributed by atoms with Crippen molar-refractivity contribution in [2.75, 3.05) is 5.88 Å². The van der Waals surface area contributed by atoms with Gasteiger partial charge < -0.3 is 0 Å². The Labute approximate surface area is 86.8 Å². The second-order valence-electron chi connectivity index (χ2n) is 2.30. The molecule has 0 unspecified atom stereocenters. The van der Waals surface area contributed by atoms with Gasteiger partial charge in [0.2, 0.25) is 0 Å². The van der Waals surface area contributed by atoms with Crippen molar-refractivity contribution in [2.24, 2.45) is 0 Å². The molecule has 5 heteroatoms. The molecule has 0 aromatic heterocycles. The minimum atomic E-state index is -0.779. The Morgan fingerprint density at radius 3 is 2.54 bits per heavy atom. The zero-order valence-corrected chi connectivity index (χ0v) is 8.62. The van der Waals surface area contributed by atoms with Crippen LogP contribution < -0.4 is 0 Å². The number of carbonyl (C=O) groups is 1. The molecule has 1 rings (SSSR count). The van der Waals surface area contributed by atoms with Crippen LogP contribution >= 0.6 is 27.5 Å². The lowest BCUT2D eigenvalue weighted by atomic mass is 10.1. The van der Waals surface area contributed by atoms with Crippen LogP contribution in [0, 0.1) is 11.6 Å². The summed E-state index contributed by atoms with van der Waals surface area (Å²) in [5.41, 5.74) is -0.323. The first-order valence-corrected chi connectivity index (χ1v) is 4.62. The summed E-state index contributed by atoms with van der Waals surface area (Å²) in [7, 11) is 0. The predicted octanol–water partition coefficient (Wildman–Crippen LogP) is 3.15. The van der Waals surface area contributed by atoms with E-state index in [9.17, 15) is 13.6 Å². The van der Waals surface area contributed by atoms with Crippen molar-refractivity contribution in [3.63, 3.8) is 0 Å². The molecule has 0 aliphatic rings. The Morgan fingerprint density at radius 2 is 2.00 bits per heavy atom. The van der Waals surface area contributed by atoms with Gasteiger partial charge in [-0.1, -0.05) is 0 Å². The maximum atomic E-state index is 13.0. The van der Waals surface area contributed by atoms with Crippen LogP contribution in [-0.2, 0) is 0 Å². The summed E-state index contributed by atoms with van der Waals surface area (Å²) in [5, 5.41) is 0. The number of hydrogen-bond donors (Lipinski definition) is 0. The quantitative estimate of drug-likeness (QED) is 0.458.